The summed E-state index contributed by atoms with van der Waals surface area (Å²) in [4.78, 5) is 19.3. The van der Waals surface area contributed by atoms with E-state index in [1.807, 2.05) is 13.0 Å². The molecule has 7 nitrogen and oxygen atoms in total. The first-order chi connectivity index (χ1) is 14.0. The Hall–Kier alpha value is -3.68. The van der Waals surface area contributed by atoms with Gasteiger partial charge in [-0.05, 0) is 41.8 Å². The number of benzene rings is 2. The average Bonchev–Trinajstić information content (AvgIpc) is 3.16. The van der Waals surface area contributed by atoms with Gasteiger partial charge in [-0.2, -0.15) is 10.5 Å². The van der Waals surface area contributed by atoms with E-state index in [2.05, 4.69) is 17.3 Å². The maximum atomic E-state index is 13.0. The fourth-order valence-electron chi connectivity index (χ4n) is 3.59. The standard InChI is InChI=1S/C22H20N4O3/c1-14-16(10-23)4-3-5-20(14)21-7-6-15(8-17(21)11-24)22(28)26-12-18(25-29-2)9-19(26)13-27/h3-8,19,27H,9,12-13H2,1-2H3/b25-18+/t19-/m0/s1. The molecule has 1 N–H and O–H groups in total. The highest BCUT2D eigenvalue weighted by atomic mass is 16.6. The van der Waals surface area contributed by atoms with E-state index in [1.54, 1.807) is 30.3 Å². The molecule has 29 heavy (non-hydrogen) atoms. The molecule has 1 heterocycles. The smallest absolute Gasteiger partial charge is 0.254 e. The zero-order valence-electron chi connectivity index (χ0n) is 16.2. The van der Waals surface area contributed by atoms with Crippen LogP contribution in [0.3, 0.4) is 0 Å². The van der Waals surface area contributed by atoms with E-state index >= 15 is 0 Å². The van der Waals surface area contributed by atoms with E-state index in [0.717, 1.165) is 11.1 Å². The Labute approximate surface area is 169 Å². The lowest BCUT2D eigenvalue weighted by Gasteiger charge is -2.22. The summed E-state index contributed by atoms with van der Waals surface area (Å²) in [5.41, 5.74) is 4.16. The van der Waals surface area contributed by atoms with E-state index in [1.165, 1.54) is 12.0 Å². The number of hydrogen-bond donors (Lipinski definition) is 1. The molecule has 0 aromatic heterocycles. The third-order valence-corrected chi connectivity index (χ3v) is 5.09. The number of carbonyl (C=O) groups is 1. The molecule has 0 saturated carbocycles. The summed E-state index contributed by atoms with van der Waals surface area (Å²) in [6.45, 7) is 1.92. The van der Waals surface area contributed by atoms with Crippen LogP contribution in [0.25, 0.3) is 11.1 Å². The highest BCUT2D eigenvalue weighted by Crippen LogP contribution is 2.30. The molecule has 0 radical (unpaired) electrons. The van der Waals surface area contributed by atoms with E-state index in [4.69, 9.17) is 4.84 Å². The minimum absolute atomic E-state index is 0.183. The number of aliphatic hydroxyl groups is 1. The molecule has 1 fully saturated rings. The highest BCUT2D eigenvalue weighted by molar-refractivity contribution is 6.01. The summed E-state index contributed by atoms with van der Waals surface area (Å²) in [5, 5.41) is 32.4. The number of oxime groups is 1. The predicted octanol–water partition coefficient (Wildman–Crippen LogP) is 2.61. The molecule has 2 aromatic carbocycles. The van der Waals surface area contributed by atoms with Crippen LogP contribution in [0.4, 0.5) is 0 Å². The molecular formula is C22H20N4O3. The van der Waals surface area contributed by atoms with Crippen LogP contribution in [0.1, 0.15) is 33.5 Å². The van der Waals surface area contributed by atoms with Gasteiger partial charge in [0, 0.05) is 12.0 Å². The number of likely N-dealkylation sites (tertiary alicyclic amines) is 1. The summed E-state index contributed by atoms with van der Waals surface area (Å²) in [6.07, 6.45) is 0.444. The van der Waals surface area contributed by atoms with Crippen molar-refractivity contribution in [3.05, 3.63) is 58.7 Å². The zero-order valence-corrected chi connectivity index (χ0v) is 16.2. The number of hydrogen-bond acceptors (Lipinski definition) is 6. The van der Waals surface area contributed by atoms with E-state index in [0.29, 0.717) is 34.4 Å². The Kier molecular flexibility index (Phi) is 5.92. The van der Waals surface area contributed by atoms with Gasteiger partial charge in [0.2, 0.25) is 0 Å². The van der Waals surface area contributed by atoms with Gasteiger partial charge in [0.1, 0.15) is 7.11 Å². The highest BCUT2D eigenvalue weighted by Gasteiger charge is 2.33. The zero-order chi connectivity index (χ0) is 21.0. The summed E-state index contributed by atoms with van der Waals surface area (Å²) in [5.74, 6) is -0.282. The Morgan fingerprint density at radius 1 is 1.24 bits per heavy atom. The lowest BCUT2D eigenvalue weighted by atomic mass is 9.92. The normalized spacial score (nSPS) is 17.1. The van der Waals surface area contributed by atoms with Crippen molar-refractivity contribution in [3.63, 3.8) is 0 Å². The quantitative estimate of drug-likeness (QED) is 0.810. The number of nitrogens with zero attached hydrogens (tertiary/aromatic N) is 4. The van der Waals surface area contributed by atoms with Crippen molar-refractivity contribution in [1.82, 2.24) is 4.90 Å². The van der Waals surface area contributed by atoms with Gasteiger partial charge < -0.3 is 14.8 Å². The first kappa shape index (κ1) is 20.1. The maximum Gasteiger partial charge on any atom is 0.254 e. The molecule has 146 valence electrons. The van der Waals surface area contributed by atoms with Crippen LogP contribution in [-0.4, -0.2) is 47.9 Å². The van der Waals surface area contributed by atoms with Crippen molar-refractivity contribution in [1.29, 1.82) is 10.5 Å². The van der Waals surface area contributed by atoms with Crippen LogP contribution >= 0.6 is 0 Å². The largest absolute Gasteiger partial charge is 0.399 e. The van der Waals surface area contributed by atoms with Gasteiger partial charge in [0.05, 0.1) is 48.2 Å². The van der Waals surface area contributed by atoms with Crippen molar-refractivity contribution >= 4 is 11.6 Å². The van der Waals surface area contributed by atoms with Crippen molar-refractivity contribution in [3.8, 4) is 23.3 Å². The van der Waals surface area contributed by atoms with Gasteiger partial charge in [-0.15, -0.1) is 0 Å². The molecule has 0 aliphatic carbocycles. The molecule has 0 bridgehead atoms. The maximum absolute atomic E-state index is 13.0. The molecule has 1 atom stereocenters. The average molecular weight is 388 g/mol. The molecule has 0 spiro atoms. The second kappa shape index (κ2) is 8.55. The second-order valence-electron chi connectivity index (χ2n) is 6.78. The number of amides is 1. The third kappa shape index (κ3) is 3.82. The summed E-state index contributed by atoms with van der Waals surface area (Å²) in [7, 11) is 1.44. The Bertz CT molecular complexity index is 1060. The lowest BCUT2D eigenvalue weighted by Crippen LogP contribution is -2.37. The van der Waals surface area contributed by atoms with Crippen molar-refractivity contribution in [2.45, 2.75) is 19.4 Å². The first-order valence-electron chi connectivity index (χ1n) is 9.09. The first-order valence-corrected chi connectivity index (χ1v) is 9.09. The van der Waals surface area contributed by atoms with Crippen molar-refractivity contribution in [2.75, 3.05) is 20.3 Å². The second-order valence-corrected chi connectivity index (χ2v) is 6.78. The molecule has 3 rings (SSSR count). The minimum atomic E-state index is -0.379. The van der Waals surface area contributed by atoms with Crippen LogP contribution in [0, 0.1) is 29.6 Å². The summed E-state index contributed by atoms with van der Waals surface area (Å²) in [6, 6.07) is 14.2. The Morgan fingerprint density at radius 3 is 2.66 bits per heavy atom. The molecular weight excluding hydrogens is 368 g/mol. The molecule has 1 saturated heterocycles. The van der Waals surface area contributed by atoms with Crippen LogP contribution < -0.4 is 0 Å². The third-order valence-electron chi connectivity index (χ3n) is 5.09. The predicted molar refractivity (Wildman–Crippen MR) is 107 cm³/mol. The number of nitriles is 2. The van der Waals surface area contributed by atoms with E-state index in [9.17, 15) is 20.4 Å². The summed E-state index contributed by atoms with van der Waals surface area (Å²) >= 11 is 0. The minimum Gasteiger partial charge on any atom is -0.399 e. The Balaban J connectivity index is 1.98. The van der Waals surface area contributed by atoms with E-state index < -0.39 is 0 Å². The SMILES string of the molecule is CO/N=C1\C[C@@H](CO)N(C(=O)c2ccc(-c3cccc(C#N)c3C)c(C#N)c2)C1. The fraction of sp³-hybridized carbons (Fsp3) is 0.273. The molecule has 0 unspecified atom stereocenters. The van der Waals surface area contributed by atoms with Crippen LogP contribution in [0.15, 0.2) is 41.6 Å². The van der Waals surface area contributed by atoms with Gasteiger partial charge in [0.15, 0.2) is 0 Å². The van der Waals surface area contributed by atoms with Gasteiger partial charge in [0.25, 0.3) is 5.91 Å². The molecule has 7 heteroatoms. The van der Waals surface area contributed by atoms with E-state index in [-0.39, 0.29) is 25.1 Å². The number of rotatable bonds is 4. The molecule has 1 aliphatic heterocycles. The van der Waals surface area contributed by atoms with Gasteiger partial charge in [-0.1, -0.05) is 23.4 Å². The number of aliphatic hydroxyl groups excluding tert-OH is 1. The van der Waals surface area contributed by atoms with Crippen molar-refractivity contribution < 1.29 is 14.7 Å². The summed E-state index contributed by atoms with van der Waals surface area (Å²) < 4.78 is 0. The fourth-order valence-corrected chi connectivity index (χ4v) is 3.59. The molecule has 2 aromatic rings. The van der Waals surface area contributed by atoms with Crippen LogP contribution in [-0.2, 0) is 4.84 Å². The topological polar surface area (TPSA) is 110 Å². The van der Waals surface area contributed by atoms with Gasteiger partial charge in [-0.3, -0.25) is 4.79 Å². The lowest BCUT2D eigenvalue weighted by molar-refractivity contribution is 0.0680. The number of carbonyl (C=O) groups excluding carboxylic acids is 1. The Morgan fingerprint density at radius 2 is 2.00 bits per heavy atom. The molecule has 1 amide bonds. The van der Waals surface area contributed by atoms with Gasteiger partial charge in [-0.25, -0.2) is 0 Å². The monoisotopic (exact) mass is 388 g/mol. The molecule has 1 aliphatic rings. The van der Waals surface area contributed by atoms with Crippen molar-refractivity contribution in [2.24, 2.45) is 5.16 Å². The van der Waals surface area contributed by atoms with Crippen LogP contribution in [0.2, 0.25) is 0 Å². The van der Waals surface area contributed by atoms with Crippen LogP contribution in [0.5, 0.6) is 0 Å². The van der Waals surface area contributed by atoms with Gasteiger partial charge >= 0.3 is 0 Å².